The first-order valence-electron chi connectivity index (χ1n) is 10.5. The molecule has 166 valence electrons. The molecule has 1 saturated heterocycles. The SMILES string of the molecule is O=C(Nc1cccc(N2CCOCC2)c1)Oc1c(NCCc2ccccn2)cc[nH]c1=O. The first-order chi connectivity index (χ1) is 15.7. The van der Waals surface area contributed by atoms with Crippen LogP contribution in [0.1, 0.15) is 5.69 Å². The molecule has 4 rings (SSSR count). The van der Waals surface area contributed by atoms with Gasteiger partial charge in [-0.2, -0.15) is 0 Å². The lowest BCUT2D eigenvalue weighted by molar-refractivity contribution is 0.122. The summed E-state index contributed by atoms with van der Waals surface area (Å²) in [6.45, 7) is 3.46. The van der Waals surface area contributed by atoms with Gasteiger partial charge in [-0.1, -0.05) is 12.1 Å². The molecule has 0 atom stereocenters. The number of carbonyl (C=O) groups is 1. The molecule has 0 radical (unpaired) electrons. The number of carbonyl (C=O) groups excluding carboxylic acids is 1. The van der Waals surface area contributed by atoms with E-state index in [2.05, 4.69) is 25.5 Å². The van der Waals surface area contributed by atoms with Crippen LogP contribution in [0.25, 0.3) is 0 Å². The van der Waals surface area contributed by atoms with Crippen LogP contribution < -0.4 is 25.8 Å². The van der Waals surface area contributed by atoms with Gasteiger partial charge in [-0.05, 0) is 36.4 Å². The normalized spacial score (nSPS) is 13.4. The predicted molar refractivity (Wildman–Crippen MR) is 123 cm³/mol. The van der Waals surface area contributed by atoms with Gasteiger partial charge in [0.2, 0.25) is 5.75 Å². The number of rotatable bonds is 7. The van der Waals surface area contributed by atoms with Gasteiger partial charge < -0.3 is 24.7 Å². The Labute approximate surface area is 185 Å². The first-order valence-corrected chi connectivity index (χ1v) is 10.5. The van der Waals surface area contributed by atoms with Crippen molar-refractivity contribution in [2.24, 2.45) is 0 Å². The molecule has 0 spiro atoms. The van der Waals surface area contributed by atoms with Gasteiger partial charge in [0.25, 0.3) is 5.56 Å². The monoisotopic (exact) mass is 435 g/mol. The summed E-state index contributed by atoms with van der Waals surface area (Å²) in [5, 5.41) is 5.84. The minimum atomic E-state index is -0.742. The minimum absolute atomic E-state index is 0.0876. The Kier molecular flexibility index (Phi) is 6.98. The Morgan fingerprint density at radius 3 is 2.84 bits per heavy atom. The second-order valence-corrected chi connectivity index (χ2v) is 7.21. The summed E-state index contributed by atoms with van der Waals surface area (Å²) in [6.07, 6.45) is 3.15. The van der Waals surface area contributed by atoms with Crippen LogP contribution in [0.4, 0.5) is 21.9 Å². The Balaban J connectivity index is 1.39. The maximum atomic E-state index is 12.5. The van der Waals surface area contributed by atoms with Crippen molar-refractivity contribution in [3.63, 3.8) is 0 Å². The van der Waals surface area contributed by atoms with E-state index in [1.807, 2.05) is 36.4 Å². The summed E-state index contributed by atoms with van der Waals surface area (Å²) in [5.74, 6) is -0.0876. The number of morpholine rings is 1. The Bertz CT molecular complexity index is 1100. The van der Waals surface area contributed by atoms with Gasteiger partial charge in [0.15, 0.2) is 0 Å². The number of hydrogen-bond acceptors (Lipinski definition) is 7. The molecule has 0 unspecified atom stereocenters. The van der Waals surface area contributed by atoms with Gasteiger partial charge in [-0.25, -0.2) is 4.79 Å². The highest BCUT2D eigenvalue weighted by atomic mass is 16.6. The van der Waals surface area contributed by atoms with Crippen molar-refractivity contribution in [3.8, 4) is 5.75 Å². The van der Waals surface area contributed by atoms with E-state index < -0.39 is 11.7 Å². The first kappa shape index (κ1) is 21.4. The highest BCUT2D eigenvalue weighted by Crippen LogP contribution is 2.22. The number of aromatic amines is 1. The number of ether oxygens (including phenoxy) is 2. The van der Waals surface area contributed by atoms with Crippen LogP contribution in [-0.2, 0) is 11.2 Å². The summed E-state index contributed by atoms with van der Waals surface area (Å²) in [6, 6.07) is 14.8. The fourth-order valence-electron chi connectivity index (χ4n) is 3.41. The largest absolute Gasteiger partial charge is 0.417 e. The number of anilines is 3. The molecule has 1 aliphatic rings. The van der Waals surface area contributed by atoms with Crippen LogP contribution in [0.15, 0.2) is 65.7 Å². The summed E-state index contributed by atoms with van der Waals surface area (Å²) in [4.78, 5) is 33.8. The highest BCUT2D eigenvalue weighted by molar-refractivity contribution is 5.87. The van der Waals surface area contributed by atoms with Gasteiger partial charge in [0.05, 0.1) is 18.9 Å². The number of hydrogen-bond donors (Lipinski definition) is 3. The van der Waals surface area contributed by atoms with Crippen molar-refractivity contribution in [2.45, 2.75) is 6.42 Å². The average Bonchev–Trinajstić information content (AvgIpc) is 2.82. The van der Waals surface area contributed by atoms with E-state index in [-0.39, 0.29) is 5.75 Å². The van der Waals surface area contributed by atoms with Crippen LogP contribution in [0, 0.1) is 0 Å². The molecule has 1 aliphatic heterocycles. The van der Waals surface area contributed by atoms with Crippen molar-refractivity contribution in [1.82, 2.24) is 9.97 Å². The molecule has 1 fully saturated rings. The van der Waals surface area contributed by atoms with Crippen LogP contribution in [0.5, 0.6) is 5.75 Å². The maximum absolute atomic E-state index is 12.5. The van der Waals surface area contributed by atoms with E-state index >= 15 is 0 Å². The average molecular weight is 435 g/mol. The number of nitrogens with one attached hydrogen (secondary N) is 3. The molecule has 3 aromatic rings. The van der Waals surface area contributed by atoms with E-state index in [1.165, 1.54) is 6.20 Å². The lowest BCUT2D eigenvalue weighted by atomic mass is 10.2. The number of H-pyrrole nitrogens is 1. The van der Waals surface area contributed by atoms with Crippen LogP contribution in [0.3, 0.4) is 0 Å². The van der Waals surface area contributed by atoms with Gasteiger partial charge in [0.1, 0.15) is 0 Å². The molecular weight excluding hydrogens is 410 g/mol. The third-order valence-electron chi connectivity index (χ3n) is 5.00. The fraction of sp³-hybridized carbons (Fsp3) is 0.261. The Morgan fingerprint density at radius 2 is 2.03 bits per heavy atom. The molecule has 0 bridgehead atoms. The number of benzene rings is 1. The number of pyridine rings is 2. The summed E-state index contributed by atoms with van der Waals surface area (Å²) in [7, 11) is 0. The molecule has 1 amide bonds. The van der Waals surface area contributed by atoms with Crippen LogP contribution in [0.2, 0.25) is 0 Å². The van der Waals surface area contributed by atoms with Gasteiger partial charge in [-0.15, -0.1) is 0 Å². The van der Waals surface area contributed by atoms with Crippen molar-refractivity contribution in [3.05, 3.63) is 77.0 Å². The second kappa shape index (κ2) is 10.5. The smallest absolute Gasteiger partial charge is 0.402 e. The zero-order valence-electron chi connectivity index (χ0n) is 17.5. The van der Waals surface area contributed by atoms with Crippen molar-refractivity contribution in [2.75, 3.05) is 48.4 Å². The standard InChI is InChI=1S/C23H25N5O4/c29-22-21(20(8-11-26-22)25-10-7-17-4-1-2-9-24-17)32-23(30)27-18-5-3-6-19(16-18)28-12-14-31-15-13-28/h1-6,8-9,11,16H,7,10,12-15H2,(H,27,30)(H2,25,26,29). The molecule has 1 aromatic carbocycles. The highest BCUT2D eigenvalue weighted by Gasteiger charge is 2.15. The summed E-state index contributed by atoms with van der Waals surface area (Å²) in [5.41, 5.74) is 2.42. The second-order valence-electron chi connectivity index (χ2n) is 7.21. The third-order valence-corrected chi connectivity index (χ3v) is 5.00. The zero-order chi connectivity index (χ0) is 22.2. The lowest BCUT2D eigenvalue weighted by Crippen LogP contribution is -2.36. The molecule has 32 heavy (non-hydrogen) atoms. The van der Waals surface area contributed by atoms with E-state index in [9.17, 15) is 9.59 Å². The molecular formula is C23H25N5O4. The molecule has 9 nitrogen and oxygen atoms in total. The Morgan fingerprint density at radius 1 is 1.16 bits per heavy atom. The fourth-order valence-corrected chi connectivity index (χ4v) is 3.41. The van der Waals surface area contributed by atoms with Crippen molar-refractivity contribution >= 4 is 23.2 Å². The molecule has 0 aliphatic carbocycles. The number of amides is 1. The molecule has 3 N–H and O–H groups in total. The summed E-state index contributed by atoms with van der Waals surface area (Å²) < 4.78 is 10.7. The molecule has 2 aromatic heterocycles. The van der Waals surface area contributed by atoms with Gasteiger partial charge in [0, 0.05) is 55.5 Å². The topological polar surface area (TPSA) is 109 Å². The lowest BCUT2D eigenvalue weighted by Gasteiger charge is -2.29. The van der Waals surface area contributed by atoms with E-state index in [0.717, 1.165) is 24.5 Å². The third kappa shape index (κ3) is 5.64. The molecule has 0 saturated carbocycles. The summed E-state index contributed by atoms with van der Waals surface area (Å²) >= 11 is 0. The number of nitrogens with zero attached hydrogens (tertiary/aromatic N) is 2. The van der Waals surface area contributed by atoms with Crippen molar-refractivity contribution in [1.29, 1.82) is 0 Å². The van der Waals surface area contributed by atoms with Crippen LogP contribution >= 0.6 is 0 Å². The van der Waals surface area contributed by atoms with E-state index in [4.69, 9.17) is 9.47 Å². The Hall–Kier alpha value is -3.85. The quantitative estimate of drug-likeness (QED) is 0.524. The predicted octanol–water partition coefficient (Wildman–Crippen LogP) is 2.87. The molecule has 3 heterocycles. The van der Waals surface area contributed by atoms with Crippen LogP contribution in [-0.4, -0.2) is 48.9 Å². The zero-order valence-corrected chi connectivity index (χ0v) is 17.5. The van der Waals surface area contributed by atoms with E-state index in [0.29, 0.717) is 37.6 Å². The minimum Gasteiger partial charge on any atom is -0.402 e. The van der Waals surface area contributed by atoms with Gasteiger partial charge in [-0.3, -0.25) is 15.1 Å². The van der Waals surface area contributed by atoms with Crippen molar-refractivity contribution < 1.29 is 14.3 Å². The molecule has 9 heteroatoms. The number of aromatic nitrogens is 2. The van der Waals surface area contributed by atoms with E-state index in [1.54, 1.807) is 18.3 Å². The van der Waals surface area contributed by atoms with Gasteiger partial charge >= 0.3 is 6.09 Å². The maximum Gasteiger partial charge on any atom is 0.417 e.